The molecule has 0 spiro atoms. The number of rotatable bonds is 6. The second-order valence-corrected chi connectivity index (χ2v) is 5.15. The second-order valence-electron chi connectivity index (χ2n) is 5.15. The van der Waals surface area contributed by atoms with Crippen LogP contribution in [0.25, 0.3) is 0 Å². The van der Waals surface area contributed by atoms with Crippen LogP contribution in [0, 0.1) is 0 Å². The number of carbonyl (C=O) groups is 1. The van der Waals surface area contributed by atoms with Crippen LogP contribution in [-0.4, -0.2) is 55.2 Å². The van der Waals surface area contributed by atoms with Crippen LogP contribution in [-0.2, 0) is 9.53 Å². The van der Waals surface area contributed by atoms with Gasteiger partial charge in [0, 0.05) is 38.6 Å². The van der Waals surface area contributed by atoms with E-state index in [1.807, 2.05) is 6.92 Å². The van der Waals surface area contributed by atoms with Gasteiger partial charge in [0.05, 0.1) is 12.2 Å². The first-order valence-corrected chi connectivity index (χ1v) is 6.93. The maximum atomic E-state index is 11.8. The van der Waals surface area contributed by atoms with Gasteiger partial charge in [-0.05, 0) is 20.3 Å². The Hall–Kier alpha value is -0.650. The molecule has 0 saturated carbocycles. The first-order valence-electron chi connectivity index (χ1n) is 6.93. The predicted molar refractivity (Wildman–Crippen MR) is 72.3 cm³/mol. The minimum Gasteiger partial charge on any atom is -0.373 e. The van der Waals surface area contributed by atoms with Gasteiger partial charge >= 0.3 is 0 Å². The lowest BCUT2D eigenvalue weighted by molar-refractivity contribution is -0.124. The van der Waals surface area contributed by atoms with Gasteiger partial charge in [-0.3, -0.25) is 9.69 Å². The topological polar surface area (TPSA) is 67.6 Å². The lowest BCUT2D eigenvalue weighted by Crippen LogP contribution is -2.53. The lowest BCUT2D eigenvalue weighted by Gasteiger charge is -2.39. The van der Waals surface area contributed by atoms with Crippen LogP contribution < -0.4 is 11.1 Å². The van der Waals surface area contributed by atoms with Gasteiger partial charge in [0.1, 0.15) is 0 Å². The highest BCUT2D eigenvalue weighted by molar-refractivity contribution is 5.76. The molecule has 0 aromatic rings. The van der Waals surface area contributed by atoms with E-state index in [0.29, 0.717) is 13.0 Å². The highest BCUT2D eigenvalue weighted by atomic mass is 16.5. The molecule has 3 atom stereocenters. The summed E-state index contributed by atoms with van der Waals surface area (Å²) >= 11 is 0. The van der Waals surface area contributed by atoms with Crippen molar-refractivity contribution in [2.45, 2.75) is 51.9 Å². The zero-order valence-electron chi connectivity index (χ0n) is 11.8. The van der Waals surface area contributed by atoms with E-state index in [-0.39, 0.29) is 24.2 Å². The summed E-state index contributed by atoms with van der Waals surface area (Å²) in [5.74, 6) is 0.0964. The molecule has 18 heavy (non-hydrogen) atoms. The van der Waals surface area contributed by atoms with Gasteiger partial charge in [-0.1, -0.05) is 6.92 Å². The van der Waals surface area contributed by atoms with Gasteiger partial charge in [0.2, 0.25) is 5.91 Å². The van der Waals surface area contributed by atoms with Crippen molar-refractivity contribution in [1.82, 2.24) is 10.2 Å². The third-order valence-corrected chi connectivity index (χ3v) is 3.23. The quantitative estimate of drug-likeness (QED) is 0.720. The molecule has 1 rings (SSSR count). The minimum absolute atomic E-state index is 0.0964. The Morgan fingerprint density at radius 3 is 2.56 bits per heavy atom. The van der Waals surface area contributed by atoms with E-state index < -0.39 is 0 Å². The Morgan fingerprint density at radius 2 is 2.06 bits per heavy atom. The minimum atomic E-state index is 0.0964. The monoisotopic (exact) mass is 257 g/mol. The Bertz CT molecular complexity index is 251. The molecular weight excluding hydrogens is 230 g/mol. The second kappa shape index (κ2) is 7.71. The fourth-order valence-electron chi connectivity index (χ4n) is 2.43. The van der Waals surface area contributed by atoms with Gasteiger partial charge in [0.25, 0.3) is 0 Å². The highest BCUT2D eigenvalue weighted by Crippen LogP contribution is 2.15. The predicted octanol–water partition coefficient (Wildman–Crippen LogP) is 0.339. The van der Waals surface area contributed by atoms with E-state index in [0.717, 1.165) is 26.1 Å². The van der Waals surface area contributed by atoms with Gasteiger partial charge in [-0.2, -0.15) is 0 Å². The van der Waals surface area contributed by atoms with Gasteiger partial charge in [-0.25, -0.2) is 0 Å². The van der Waals surface area contributed by atoms with E-state index in [1.165, 1.54) is 0 Å². The summed E-state index contributed by atoms with van der Waals surface area (Å²) in [6.45, 7) is 9.14. The van der Waals surface area contributed by atoms with E-state index in [2.05, 4.69) is 24.1 Å². The number of nitrogens with one attached hydrogen (secondary N) is 1. The molecule has 1 fully saturated rings. The first-order chi connectivity index (χ1) is 8.56. The highest BCUT2D eigenvalue weighted by Gasteiger charge is 2.28. The van der Waals surface area contributed by atoms with Crippen LogP contribution in [0.3, 0.4) is 0 Å². The molecule has 0 aliphatic carbocycles. The average Bonchev–Trinajstić information content (AvgIpc) is 2.32. The van der Waals surface area contributed by atoms with Crippen molar-refractivity contribution in [2.24, 2.45) is 5.73 Å². The zero-order chi connectivity index (χ0) is 13.5. The average molecular weight is 257 g/mol. The molecule has 0 radical (unpaired) electrons. The molecular formula is C13H27N3O2. The molecule has 5 nitrogen and oxygen atoms in total. The van der Waals surface area contributed by atoms with Crippen molar-refractivity contribution in [1.29, 1.82) is 0 Å². The number of morpholine rings is 1. The Morgan fingerprint density at radius 1 is 1.44 bits per heavy atom. The third kappa shape index (κ3) is 4.92. The van der Waals surface area contributed by atoms with Crippen molar-refractivity contribution in [3.05, 3.63) is 0 Å². The summed E-state index contributed by atoms with van der Waals surface area (Å²) in [6.07, 6.45) is 1.86. The number of nitrogens with two attached hydrogens (primary N) is 1. The molecule has 1 aliphatic rings. The fraction of sp³-hybridized carbons (Fsp3) is 0.923. The van der Waals surface area contributed by atoms with E-state index in [1.54, 1.807) is 0 Å². The summed E-state index contributed by atoms with van der Waals surface area (Å²) in [5.41, 5.74) is 5.81. The van der Waals surface area contributed by atoms with Crippen molar-refractivity contribution >= 4 is 5.91 Å². The molecule has 1 heterocycles. The van der Waals surface area contributed by atoms with Crippen LogP contribution in [0.5, 0.6) is 0 Å². The van der Waals surface area contributed by atoms with E-state index in [4.69, 9.17) is 10.5 Å². The van der Waals surface area contributed by atoms with Gasteiger partial charge in [-0.15, -0.1) is 0 Å². The summed E-state index contributed by atoms with van der Waals surface area (Å²) in [6, 6.07) is 0.121. The maximum Gasteiger partial charge on any atom is 0.221 e. The number of nitrogens with zero attached hydrogens (tertiary/aromatic N) is 1. The van der Waals surface area contributed by atoms with Crippen molar-refractivity contribution in [2.75, 3.05) is 26.2 Å². The molecule has 1 saturated heterocycles. The molecule has 0 aromatic carbocycles. The smallest absolute Gasteiger partial charge is 0.221 e. The summed E-state index contributed by atoms with van der Waals surface area (Å²) in [4.78, 5) is 14.0. The molecule has 106 valence electrons. The first kappa shape index (κ1) is 15.4. The Labute approximate surface area is 110 Å². The molecule has 1 aliphatic heterocycles. The SMILES string of the molecule is CCCNC(=O)CC(CN)N1C[C@@H](C)O[C@@H](C)C1. The Kier molecular flexibility index (Phi) is 6.60. The van der Waals surface area contributed by atoms with Gasteiger partial charge in [0.15, 0.2) is 0 Å². The molecule has 3 N–H and O–H groups in total. The lowest BCUT2D eigenvalue weighted by atomic mass is 10.1. The largest absolute Gasteiger partial charge is 0.373 e. The van der Waals surface area contributed by atoms with E-state index >= 15 is 0 Å². The fourth-order valence-corrected chi connectivity index (χ4v) is 2.43. The normalized spacial score (nSPS) is 26.9. The van der Waals surface area contributed by atoms with Crippen LogP contribution in [0.1, 0.15) is 33.6 Å². The van der Waals surface area contributed by atoms with Crippen LogP contribution in [0.15, 0.2) is 0 Å². The van der Waals surface area contributed by atoms with Crippen molar-refractivity contribution < 1.29 is 9.53 Å². The van der Waals surface area contributed by atoms with Crippen LogP contribution in [0.2, 0.25) is 0 Å². The molecule has 0 bridgehead atoms. The van der Waals surface area contributed by atoms with Crippen molar-refractivity contribution in [3.8, 4) is 0 Å². The molecule has 1 unspecified atom stereocenters. The summed E-state index contributed by atoms with van der Waals surface area (Å²) in [5, 5.41) is 2.91. The number of ether oxygens (including phenoxy) is 1. The number of amides is 1. The number of hydrogen-bond acceptors (Lipinski definition) is 4. The maximum absolute atomic E-state index is 11.8. The Balaban J connectivity index is 2.46. The number of hydrogen-bond donors (Lipinski definition) is 2. The molecule has 0 aromatic heterocycles. The van der Waals surface area contributed by atoms with Crippen LogP contribution >= 0.6 is 0 Å². The van der Waals surface area contributed by atoms with Crippen molar-refractivity contribution in [3.63, 3.8) is 0 Å². The zero-order valence-corrected chi connectivity index (χ0v) is 11.8. The van der Waals surface area contributed by atoms with E-state index in [9.17, 15) is 4.79 Å². The molecule has 5 heteroatoms. The van der Waals surface area contributed by atoms with Crippen LogP contribution in [0.4, 0.5) is 0 Å². The third-order valence-electron chi connectivity index (χ3n) is 3.23. The molecule has 1 amide bonds. The number of carbonyl (C=O) groups excluding carboxylic acids is 1. The summed E-state index contributed by atoms with van der Waals surface area (Å²) in [7, 11) is 0. The summed E-state index contributed by atoms with van der Waals surface area (Å²) < 4.78 is 5.70. The van der Waals surface area contributed by atoms with Gasteiger partial charge < -0.3 is 15.8 Å². The standard InChI is InChI=1S/C13H27N3O2/c1-4-5-15-13(17)6-12(7-14)16-8-10(2)18-11(3)9-16/h10-12H,4-9,14H2,1-3H3,(H,15,17)/t10-,11+,12?.